The largest absolute Gasteiger partial charge is 0.265 e. The molecule has 1 aliphatic heterocycles. The third-order valence-electron chi connectivity index (χ3n) is 9.48. The van der Waals surface area contributed by atoms with Gasteiger partial charge in [-0.15, -0.1) is 0 Å². The molecule has 0 aliphatic carbocycles. The molecule has 6 aromatic rings. The van der Waals surface area contributed by atoms with E-state index in [4.69, 9.17) is 0 Å². The highest BCUT2D eigenvalue weighted by Crippen LogP contribution is 2.44. The van der Waals surface area contributed by atoms with Crippen molar-refractivity contribution in [2.24, 2.45) is 0 Å². The number of hydrogen-bond acceptors (Lipinski definition) is 2. The van der Waals surface area contributed by atoms with Gasteiger partial charge in [0.25, 0.3) is 0 Å². The number of benzene rings is 3. The summed E-state index contributed by atoms with van der Waals surface area (Å²) >= 11 is 0. The van der Waals surface area contributed by atoms with Gasteiger partial charge < -0.3 is 0 Å². The van der Waals surface area contributed by atoms with Crippen molar-refractivity contribution in [1.82, 2.24) is 9.97 Å². The highest BCUT2D eigenvalue weighted by atomic mass is 15.0. The molecule has 0 spiro atoms. The lowest BCUT2D eigenvalue weighted by Crippen LogP contribution is -2.36. The van der Waals surface area contributed by atoms with Crippen LogP contribution in [0.15, 0.2) is 134 Å². The first-order valence-corrected chi connectivity index (χ1v) is 15.4. The van der Waals surface area contributed by atoms with Crippen molar-refractivity contribution in [2.75, 3.05) is 0 Å². The van der Waals surface area contributed by atoms with Gasteiger partial charge in [-0.1, -0.05) is 44.2 Å². The average Bonchev–Trinajstić information content (AvgIpc) is 3.23. The molecule has 4 heterocycles. The summed E-state index contributed by atoms with van der Waals surface area (Å²) < 4.78 is 2.44. The molecule has 0 bridgehead atoms. The molecular formula is C40H36N3+. The van der Waals surface area contributed by atoms with Crippen molar-refractivity contribution in [2.45, 2.75) is 45.1 Å². The number of nitrogens with zero attached hydrogens (tertiary/aromatic N) is 3. The second-order valence-corrected chi connectivity index (χ2v) is 11.6. The molecule has 3 nitrogen and oxygen atoms in total. The Labute approximate surface area is 254 Å². The van der Waals surface area contributed by atoms with Gasteiger partial charge in [0.1, 0.15) is 6.54 Å². The minimum Gasteiger partial charge on any atom is -0.265 e. The summed E-state index contributed by atoms with van der Waals surface area (Å²) in [7, 11) is 0. The van der Waals surface area contributed by atoms with Crippen LogP contribution in [0.5, 0.6) is 0 Å². The van der Waals surface area contributed by atoms with Crippen molar-refractivity contribution in [3.05, 3.63) is 140 Å². The lowest BCUT2D eigenvalue weighted by atomic mass is 9.71. The summed E-state index contributed by atoms with van der Waals surface area (Å²) in [5, 5.41) is 0. The maximum atomic E-state index is 4.24. The van der Waals surface area contributed by atoms with E-state index >= 15 is 0 Å². The predicted octanol–water partition coefficient (Wildman–Crippen LogP) is 9.56. The smallest absolute Gasteiger partial charge is 0.212 e. The van der Waals surface area contributed by atoms with Crippen molar-refractivity contribution in [1.29, 1.82) is 0 Å². The number of aromatic nitrogens is 3. The quantitative estimate of drug-likeness (QED) is 0.191. The lowest BCUT2D eigenvalue weighted by Gasteiger charge is -2.31. The maximum Gasteiger partial charge on any atom is 0.212 e. The van der Waals surface area contributed by atoms with Crippen LogP contribution in [0.25, 0.3) is 55.8 Å². The molecule has 3 aromatic heterocycles. The van der Waals surface area contributed by atoms with Gasteiger partial charge in [-0.25, -0.2) is 0 Å². The minimum absolute atomic E-state index is 0.193. The summed E-state index contributed by atoms with van der Waals surface area (Å²) in [4.78, 5) is 8.48. The Balaban J connectivity index is 1.36. The molecule has 3 aromatic carbocycles. The van der Waals surface area contributed by atoms with Gasteiger partial charge in [0.05, 0.1) is 5.56 Å². The number of aryl methyl sites for hydroxylation is 1. The second-order valence-electron chi connectivity index (χ2n) is 11.6. The Hall–Kier alpha value is -4.89. The number of hydrogen-bond donors (Lipinski definition) is 0. The average molecular weight is 559 g/mol. The Morgan fingerprint density at radius 2 is 1.12 bits per heavy atom. The summed E-state index contributed by atoms with van der Waals surface area (Å²) in [5.74, 6) is 0. The minimum atomic E-state index is 0.193. The molecule has 0 unspecified atom stereocenters. The Morgan fingerprint density at radius 3 is 1.74 bits per heavy atom. The Bertz CT molecular complexity index is 1830. The zero-order valence-electron chi connectivity index (χ0n) is 24.9. The van der Waals surface area contributed by atoms with Crippen LogP contribution in [-0.2, 0) is 12.0 Å². The molecule has 3 heteroatoms. The molecule has 0 N–H and O–H groups in total. The third kappa shape index (κ3) is 5.06. The van der Waals surface area contributed by atoms with Crippen LogP contribution in [0.1, 0.15) is 38.7 Å². The highest BCUT2D eigenvalue weighted by Gasteiger charge is 2.37. The second kappa shape index (κ2) is 11.4. The van der Waals surface area contributed by atoms with Crippen molar-refractivity contribution < 1.29 is 4.57 Å². The summed E-state index contributed by atoms with van der Waals surface area (Å²) in [5.41, 5.74) is 13.9. The number of fused-ring (bicyclic) bond motifs is 3. The van der Waals surface area contributed by atoms with Gasteiger partial charge in [0.15, 0.2) is 6.20 Å². The SMILES string of the molecule is CCC1(CC)CC[n+]2ccccc2-c2cc(-c3cccc(-c4cc(-c5ccncc5)cc(-c5ccncc5)c4)c3)ccc21. The van der Waals surface area contributed by atoms with Crippen LogP contribution in [0, 0.1) is 0 Å². The number of pyridine rings is 3. The van der Waals surface area contributed by atoms with Gasteiger partial charge >= 0.3 is 0 Å². The Morgan fingerprint density at radius 1 is 0.558 bits per heavy atom. The zero-order valence-corrected chi connectivity index (χ0v) is 24.9. The third-order valence-corrected chi connectivity index (χ3v) is 9.48. The van der Waals surface area contributed by atoms with E-state index in [0.29, 0.717) is 0 Å². The van der Waals surface area contributed by atoms with Crippen LogP contribution in [-0.4, -0.2) is 9.97 Å². The summed E-state index contributed by atoms with van der Waals surface area (Å²) in [6.45, 7) is 5.75. The van der Waals surface area contributed by atoms with Gasteiger partial charge in [0, 0.05) is 48.8 Å². The van der Waals surface area contributed by atoms with Crippen LogP contribution in [0.2, 0.25) is 0 Å². The van der Waals surface area contributed by atoms with E-state index < -0.39 is 0 Å². The van der Waals surface area contributed by atoms with Gasteiger partial charge in [-0.2, -0.15) is 4.57 Å². The zero-order chi connectivity index (χ0) is 29.2. The molecule has 43 heavy (non-hydrogen) atoms. The molecule has 0 amide bonds. The molecule has 0 saturated carbocycles. The van der Waals surface area contributed by atoms with E-state index in [1.54, 1.807) is 0 Å². The molecule has 1 aliphatic rings. The molecule has 0 radical (unpaired) electrons. The van der Waals surface area contributed by atoms with Gasteiger partial charge in [0.2, 0.25) is 5.69 Å². The molecular weight excluding hydrogens is 522 g/mol. The van der Waals surface area contributed by atoms with E-state index in [1.165, 1.54) is 50.2 Å². The van der Waals surface area contributed by atoms with E-state index in [-0.39, 0.29) is 5.41 Å². The monoisotopic (exact) mass is 558 g/mol. The molecule has 7 rings (SSSR count). The topological polar surface area (TPSA) is 29.7 Å². The summed E-state index contributed by atoms with van der Waals surface area (Å²) in [6, 6.07) is 37.9. The van der Waals surface area contributed by atoms with Crippen LogP contribution >= 0.6 is 0 Å². The molecule has 0 saturated heterocycles. The first-order valence-electron chi connectivity index (χ1n) is 15.4. The normalized spacial score (nSPS) is 13.5. The highest BCUT2D eigenvalue weighted by molar-refractivity contribution is 5.83. The summed E-state index contributed by atoms with van der Waals surface area (Å²) in [6.07, 6.45) is 13.1. The number of rotatable bonds is 6. The van der Waals surface area contributed by atoms with Gasteiger partial charge in [-0.05, 0) is 124 Å². The van der Waals surface area contributed by atoms with E-state index in [0.717, 1.165) is 36.9 Å². The predicted molar refractivity (Wildman–Crippen MR) is 176 cm³/mol. The van der Waals surface area contributed by atoms with Crippen molar-refractivity contribution >= 4 is 0 Å². The standard InChI is InChI=1S/C40H36N3/c1-3-40(4-2)17-23-43-22-6-5-10-39(43)37-28-33(11-12-38(37)40)31-8-7-9-32(24-31)36-26-34(29-13-18-41-19-14-29)25-35(27-36)30-15-20-42-21-16-30/h5-16,18-22,24-28H,3-4,17,23H2,1-2H3/q+1. The van der Waals surface area contributed by atoms with Crippen LogP contribution in [0.4, 0.5) is 0 Å². The van der Waals surface area contributed by atoms with Crippen LogP contribution < -0.4 is 4.57 Å². The van der Waals surface area contributed by atoms with Gasteiger partial charge in [-0.3, -0.25) is 9.97 Å². The fraction of sp³-hybridized carbons (Fsp3) is 0.175. The van der Waals surface area contributed by atoms with Crippen LogP contribution in [0.3, 0.4) is 0 Å². The molecule has 0 atom stereocenters. The first-order chi connectivity index (χ1) is 21.2. The van der Waals surface area contributed by atoms with Crippen molar-refractivity contribution in [3.8, 4) is 55.8 Å². The van der Waals surface area contributed by atoms with Crippen molar-refractivity contribution in [3.63, 3.8) is 0 Å². The maximum absolute atomic E-state index is 4.24. The molecule has 0 fully saturated rings. The van der Waals surface area contributed by atoms with E-state index in [1.807, 2.05) is 24.8 Å². The molecule has 210 valence electrons. The first kappa shape index (κ1) is 27.0. The fourth-order valence-corrected chi connectivity index (χ4v) is 6.86. The van der Waals surface area contributed by atoms with E-state index in [2.05, 4.69) is 138 Å². The lowest BCUT2D eigenvalue weighted by molar-refractivity contribution is -0.687. The Kier molecular flexibility index (Phi) is 7.16. The fourth-order valence-electron chi connectivity index (χ4n) is 6.86. The van der Waals surface area contributed by atoms with E-state index in [9.17, 15) is 0 Å².